The van der Waals surface area contributed by atoms with Gasteiger partial charge in [-0.1, -0.05) is 11.6 Å². The first-order valence-electron chi connectivity index (χ1n) is 5.75. The standard InChI is InChI=1S/C12H13ClFNO5S/c1-7(16)15-11(12(17)18)6-21(19,20)5-8-4-9(13)2-3-10(8)14/h2-4,11H,5-6H2,1H3,(H,15,16)(H,17,18). The Hall–Kier alpha value is -1.67. The van der Waals surface area contributed by atoms with Crippen molar-refractivity contribution >= 4 is 33.3 Å². The number of sulfone groups is 1. The molecule has 0 aliphatic heterocycles. The minimum absolute atomic E-state index is 0.158. The van der Waals surface area contributed by atoms with Crippen LogP contribution in [0.1, 0.15) is 12.5 Å². The molecule has 0 saturated carbocycles. The van der Waals surface area contributed by atoms with Crippen molar-refractivity contribution in [3.05, 3.63) is 34.6 Å². The lowest BCUT2D eigenvalue weighted by atomic mass is 10.2. The Morgan fingerprint density at radius 3 is 2.57 bits per heavy atom. The average Bonchev–Trinajstić information content (AvgIpc) is 2.31. The molecule has 21 heavy (non-hydrogen) atoms. The second-order valence-electron chi connectivity index (χ2n) is 4.38. The molecule has 0 fully saturated rings. The molecule has 1 aromatic carbocycles. The zero-order valence-electron chi connectivity index (χ0n) is 11.0. The van der Waals surface area contributed by atoms with Crippen LogP contribution >= 0.6 is 11.6 Å². The fourth-order valence-electron chi connectivity index (χ4n) is 1.62. The molecule has 1 aromatic rings. The predicted octanol–water partition coefficient (Wildman–Crippen LogP) is 0.983. The van der Waals surface area contributed by atoms with Crippen LogP contribution in [0.15, 0.2) is 18.2 Å². The summed E-state index contributed by atoms with van der Waals surface area (Å²) in [5.41, 5.74) is -0.158. The molecule has 0 bridgehead atoms. The van der Waals surface area contributed by atoms with Crippen molar-refractivity contribution in [3.63, 3.8) is 0 Å². The number of carbonyl (C=O) groups excluding carboxylic acids is 1. The second kappa shape index (κ2) is 6.86. The molecule has 1 amide bonds. The van der Waals surface area contributed by atoms with Gasteiger partial charge < -0.3 is 10.4 Å². The Labute approximate surface area is 125 Å². The molecule has 0 aromatic heterocycles. The highest BCUT2D eigenvalue weighted by atomic mass is 35.5. The molecule has 116 valence electrons. The summed E-state index contributed by atoms with van der Waals surface area (Å²) in [6.07, 6.45) is 0. The Morgan fingerprint density at radius 2 is 2.05 bits per heavy atom. The molecule has 0 heterocycles. The summed E-state index contributed by atoms with van der Waals surface area (Å²) < 4.78 is 37.4. The highest BCUT2D eigenvalue weighted by molar-refractivity contribution is 7.90. The maximum Gasteiger partial charge on any atom is 0.327 e. The molecule has 2 N–H and O–H groups in total. The predicted molar refractivity (Wildman–Crippen MR) is 74.1 cm³/mol. The Kier molecular flexibility index (Phi) is 5.68. The van der Waals surface area contributed by atoms with Crippen molar-refractivity contribution in [1.29, 1.82) is 0 Å². The normalized spacial score (nSPS) is 12.7. The number of hydrogen-bond donors (Lipinski definition) is 2. The zero-order chi connectivity index (χ0) is 16.2. The van der Waals surface area contributed by atoms with Crippen LogP contribution in [-0.4, -0.2) is 37.2 Å². The topological polar surface area (TPSA) is 101 Å². The molecule has 1 rings (SSSR count). The highest BCUT2D eigenvalue weighted by Gasteiger charge is 2.27. The van der Waals surface area contributed by atoms with Crippen LogP contribution in [0.2, 0.25) is 5.02 Å². The average molecular weight is 338 g/mol. The molecular formula is C12H13ClFNO5S. The molecular weight excluding hydrogens is 325 g/mol. The number of carboxylic acid groups (broad SMARTS) is 1. The van der Waals surface area contributed by atoms with Gasteiger partial charge in [-0.05, 0) is 18.2 Å². The fraction of sp³-hybridized carbons (Fsp3) is 0.333. The Bertz CT molecular complexity index is 662. The molecule has 9 heteroatoms. The molecule has 0 aliphatic carbocycles. The summed E-state index contributed by atoms with van der Waals surface area (Å²) in [6.45, 7) is 1.07. The van der Waals surface area contributed by atoms with Crippen molar-refractivity contribution in [2.75, 3.05) is 5.75 Å². The molecule has 6 nitrogen and oxygen atoms in total. The van der Waals surface area contributed by atoms with Gasteiger partial charge in [-0.2, -0.15) is 0 Å². The van der Waals surface area contributed by atoms with Crippen molar-refractivity contribution in [2.45, 2.75) is 18.7 Å². The fourth-order valence-corrected chi connectivity index (χ4v) is 3.37. The van der Waals surface area contributed by atoms with E-state index in [4.69, 9.17) is 16.7 Å². The van der Waals surface area contributed by atoms with Gasteiger partial charge >= 0.3 is 5.97 Å². The zero-order valence-corrected chi connectivity index (χ0v) is 12.5. The summed E-state index contributed by atoms with van der Waals surface area (Å²) in [5.74, 6) is -4.46. The maximum atomic E-state index is 13.5. The lowest BCUT2D eigenvalue weighted by Crippen LogP contribution is -2.44. The van der Waals surface area contributed by atoms with E-state index >= 15 is 0 Å². The molecule has 0 aliphatic rings. The van der Waals surface area contributed by atoms with Gasteiger partial charge in [0.2, 0.25) is 5.91 Å². The van der Waals surface area contributed by atoms with Crippen LogP contribution < -0.4 is 5.32 Å². The Morgan fingerprint density at radius 1 is 1.43 bits per heavy atom. The van der Waals surface area contributed by atoms with E-state index in [9.17, 15) is 22.4 Å². The summed E-state index contributed by atoms with van der Waals surface area (Å²) in [7, 11) is -3.96. The van der Waals surface area contributed by atoms with Gasteiger partial charge in [0.1, 0.15) is 11.9 Å². The van der Waals surface area contributed by atoms with Crippen LogP contribution in [0.5, 0.6) is 0 Å². The first kappa shape index (κ1) is 17.4. The number of rotatable bonds is 6. The van der Waals surface area contributed by atoms with E-state index in [1.165, 1.54) is 6.07 Å². The lowest BCUT2D eigenvalue weighted by molar-refractivity contribution is -0.140. The van der Waals surface area contributed by atoms with Gasteiger partial charge in [0.05, 0.1) is 11.5 Å². The monoisotopic (exact) mass is 337 g/mol. The number of carboxylic acids is 1. The van der Waals surface area contributed by atoms with E-state index in [0.29, 0.717) is 0 Å². The molecule has 0 spiro atoms. The number of benzene rings is 1. The van der Waals surface area contributed by atoms with Crippen LogP contribution in [0.4, 0.5) is 4.39 Å². The third-order valence-electron chi connectivity index (χ3n) is 2.48. The molecule has 0 saturated heterocycles. The molecule has 1 atom stereocenters. The van der Waals surface area contributed by atoms with E-state index in [-0.39, 0.29) is 10.6 Å². The van der Waals surface area contributed by atoms with Crippen molar-refractivity contribution in [1.82, 2.24) is 5.32 Å². The first-order chi connectivity index (χ1) is 9.60. The number of carbonyl (C=O) groups is 2. The van der Waals surface area contributed by atoms with Gasteiger partial charge in [-0.3, -0.25) is 4.79 Å². The number of nitrogens with one attached hydrogen (secondary N) is 1. The largest absolute Gasteiger partial charge is 0.480 e. The Balaban J connectivity index is 2.92. The van der Waals surface area contributed by atoms with Crippen molar-refractivity contribution < 1.29 is 27.5 Å². The number of halogens is 2. The first-order valence-corrected chi connectivity index (χ1v) is 7.95. The number of aliphatic carboxylic acids is 1. The summed E-state index contributed by atoms with van der Waals surface area (Å²) in [4.78, 5) is 21.8. The van der Waals surface area contributed by atoms with E-state index in [2.05, 4.69) is 0 Å². The smallest absolute Gasteiger partial charge is 0.327 e. The van der Waals surface area contributed by atoms with Gasteiger partial charge in [0, 0.05) is 17.5 Å². The van der Waals surface area contributed by atoms with Crippen LogP contribution in [0, 0.1) is 5.82 Å². The quantitative estimate of drug-likeness (QED) is 0.806. The van der Waals surface area contributed by atoms with Crippen LogP contribution in [0.25, 0.3) is 0 Å². The highest BCUT2D eigenvalue weighted by Crippen LogP contribution is 2.18. The van der Waals surface area contributed by atoms with E-state index < -0.39 is 45.1 Å². The van der Waals surface area contributed by atoms with Crippen molar-refractivity contribution in [3.8, 4) is 0 Å². The van der Waals surface area contributed by atoms with Gasteiger partial charge in [0.25, 0.3) is 0 Å². The van der Waals surface area contributed by atoms with Crippen molar-refractivity contribution in [2.24, 2.45) is 0 Å². The van der Waals surface area contributed by atoms with Gasteiger partial charge in [-0.25, -0.2) is 17.6 Å². The van der Waals surface area contributed by atoms with E-state index in [1.54, 1.807) is 0 Å². The minimum atomic E-state index is -3.96. The summed E-state index contributed by atoms with van der Waals surface area (Å²) >= 11 is 5.66. The van der Waals surface area contributed by atoms with Gasteiger partial charge in [0.15, 0.2) is 9.84 Å². The third kappa shape index (κ3) is 5.68. The lowest BCUT2D eigenvalue weighted by Gasteiger charge is -2.13. The maximum absolute atomic E-state index is 13.5. The molecule has 0 radical (unpaired) electrons. The van der Waals surface area contributed by atoms with E-state index in [1.807, 2.05) is 5.32 Å². The van der Waals surface area contributed by atoms with Gasteiger partial charge in [-0.15, -0.1) is 0 Å². The SMILES string of the molecule is CC(=O)NC(CS(=O)(=O)Cc1cc(Cl)ccc1F)C(=O)O. The number of hydrogen-bond acceptors (Lipinski definition) is 4. The van der Waals surface area contributed by atoms with Crippen LogP contribution in [-0.2, 0) is 25.2 Å². The van der Waals surface area contributed by atoms with Crippen LogP contribution in [0.3, 0.4) is 0 Å². The van der Waals surface area contributed by atoms with E-state index in [0.717, 1.165) is 19.1 Å². The summed E-state index contributed by atoms with van der Waals surface area (Å²) in [5, 5.41) is 11.1. The minimum Gasteiger partial charge on any atom is -0.480 e. The summed E-state index contributed by atoms with van der Waals surface area (Å²) in [6, 6.07) is 1.86. The molecule has 1 unspecified atom stereocenters. The number of amides is 1. The third-order valence-corrected chi connectivity index (χ3v) is 4.31. The second-order valence-corrected chi connectivity index (χ2v) is 6.93.